The Morgan fingerprint density at radius 2 is 1.86 bits per heavy atom. The summed E-state index contributed by atoms with van der Waals surface area (Å²) in [5, 5.41) is 0. The average Bonchev–Trinajstić information content (AvgIpc) is 2.66. The van der Waals surface area contributed by atoms with Gasteiger partial charge in [0.15, 0.2) is 0 Å². The molecular weight excluding hydrogens is 394 g/mol. The van der Waals surface area contributed by atoms with Crippen molar-refractivity contribution < 1.29 is 28.6 Å². The number of carbonyl (C=O) groups is 3. The first-order chi connectivity index (χ1) is 13.8. The molecule has 29 heavy (non-hydrogen) atoms. The third-order valence-corrected chi connectivity index (χ3v) is 4.42. The summed E-state index contributed by atoms with van der Waals surface area (Å²) in [5.41, 5.74) is 0.131. The molecule has 0 aliphatic rings. The van der Waals surface area contributed by atoms with Crippen LogP contribution in [0.15, 0.2) is 36.1 Å². The summed E-state index contributed by atoms with van der Waals surface area (Å²) in [6, 6.07) is 6.29. The van der Waals surface area contributed by atoms with E-state index in [-0.39, 0.29) is 6.61 Å². The Hall–Kier alpha value is -2.48. The molecule has 0 saturated heterocycles. The lowest BCUT2D eigenvalue weighted by Gasteiger charge is -2.30. The maximum Gasteiger partial charge on any atom is 0.417 e. The highest BCUT2D eigenvalue weighted by atomic mass is 32.2. The van der Waals surface area contributed by atoms with Gasteiger partial charge in [0.25, 0.3) is 6.47 Å². The number of benzene rings is 1. The van der Waals surface area contributed by atoms with Crippen molar-refractivity contribution >= 4 is 30.7 Å². The van der Waals surface area contributed by atoms with Crippen LogP contribution in [-0.2, 0) is 25.7 Å². The summed E-state index contributed by atoms with van der Waals surface area (Å²) in [7, 11) is 0. The monoisotopic (exact) mass is 423 g/mol. The van der Waals surface area contributed by atoms with Gasteiger partial charge in [-0.25, -0.2) is 9.69 Å². The number of hydrogen-bond acceptors (Lipinski definition) is 7. The van der Waals surface area contributed by atoms with Crippen LogP contribution in [0.1, 0.15) is 39.7 Å². The molecule has 0 aliphatic heterocycles. The van der Waals surface area contributed by atoms with Crippen molar-refractivity contribution in [3.63, 3.8) is 0 Å². The van der Waals surface area contributed by atoms with Crippen molar-refractivity contribution in [2.75, 3.05) is 12.0 Å². The fourth-order valence-corrected chi connectivity index (χ4v) is 2.92. The average molecular weight is 424 g/mol. The van der Waals surface area contributed by atoms with Gasteiger partial charge in [-0.05, 0) is 69.9 Å². The lowest BCUT2D eigenvalue weighted by molar-refractivity contribution is -0.121. The summed E-state index contributed by atoms with van der Waals surface area (Å²) < 4.78 is 16.1. The van der Waals surface area contributed by atoms with Crippen molar-refractivity contribution in [3.8, 4) is 5.75 Å². The van der Waals surface area contributed by atoms with Crippen molar-refractivity contribution in [1.82, 2.24) is 4.90 Å². The van der Waals surface area contributed by atoms with E-state index >= 15 is 0 Å². The summed E-state index contributed by atoms with van der Waals surface area (Å²) in [6.45, 7) is 7.63. The molecule has 0 spiro atoms. The van der Waals surface area contributed by atoms with Crippen LogP contribution in [0.25, 0.3) is 0 Å². The van der Waals surface area contributed by atoms with E-state index in [1.165, 1.54) is 0 Å². The Morgan fingerprint density at radius 1 is 1.21 bits per heavy atom. The number of rotatable bonds is 11. The molecule has 0 saturated carbocycles. The largest absolute Gasteiger partial charge is 0.491 e. The van der Waals surface area contributed by atoms with Gasteiger partial charge < -0.3 is 14.2 Å². The SMILES string of the molecule is C/C=C(/OCc1ccc(OC=O)cc1)C(CCSC)N(C=O)C(=O)OC(C)(C)C. The van der Waals surface area contributed by atoms with Crippen LogP contribution in [0.3, 0.4) is 0 Å². The van der Waals surface area contributed by atoms with Crippen LogP contribution in [0.5, 0.6) is 5.75 Å². The molecule has 0 aromatic heterocycles. The highest BCUT2D eigenvalue weighted by Crippen LogP contribution is 2.22. The van der Waals surface area contributed by atoms with E-state index in [1.54, 1.807) is 69.8 Å². The molecule has 8 heteroatoms. The second-order valence-electron chi connectivity index (χ2n) is 7.13. The molecule has 0 aliphatic carbocycles. The molecule has 0 fully saturated rings. The Bertz CT molecular complexity index is 696. The number of imide groups is 1. The lowest BCUT2D eigenvalue weighted by Crippen LogP contribution is -2.44. The van der Waals surface area contributed by atoms with Crippen LogP contribution in [0, 0.1) is 0 Å². The molecule has 1 atom stereocenters. The third-order valence-electron chi connectivity index (χ3n) is 3.78. The molecule has 7 nitrogen and oxygen atoms in total. The van der Waals surface area contributed by atoms with Crippen LogP contribution >= 0.6 is 11.8 Å². The minimum Gasteiger partial charge on any atom is -0.491 e. The van der Waals surface area contributed by atoms with Crippen molar-refractivity contribution in [2.45, 2.75) is 52.4 Å². The summed E-state index contributed by atoms with van der Waals surface area (Å²) >= 11 is 1.61. The molecular formula is C21H29NO6S. The highest BCUT2D eigenvalue weighted by molar-refractivity contribution is 7.98. The van der Waals surface area contributed by atoms with E-state index in [4.69, 9.17) is 14.2 Å². The second-order valence-corrected chi connectivity index (χ2v) is 8.11. The van der Waals surface area contributed by atoms with Crippen LogP contribution < -0.4 is 4.74 Å². The maximum absolute atomic E-state index is 12.5. The van der Waals surface area contributed by atoms with Crippen LogP contribution in [0.4, 0.5) is 4.79 Å². The minimum absolute atomic E-state index is 0.234. The van der Waals surface area contributed by atoms with E-state index in [1.807, 2.05) is 6.26 Å². The molecule has 2 amide bonds. The van der Waals surface area contributed by atoms with Gasteiger partial charge in [-0.2, -0.15) is 11.8 Å². The number of ether oxygens (including phenoxy) is 3. The number of thioether (sulfide) groups is 1. The Kier molecular flexibility index (Phi) is 10.3. The summed E-state index contributed by atoms with van der Waals surface area (Å²) in [5.74, 6) is 1.67. The van der Waals surface area contributed by atoms with E-state index < -0.39 is 17.7 Å². The van der Waals surface area contributed by atoms with Crippen molar-refractivity contribution in [1.29, 1.82) is 0 Å². The zero-order valence-electron chi connectivity index (χ0n) is 17.5. The second kappa shape index (κ2) is 12.2. The molecule has 1 unspecified atom stereocenters. The first-order valence-electron chi connectivity index (χ1n) is 9.19. The van der Waals surface area contributed by atoms with Crippen molar-refractivity contribution in [2.24, 2.45) is 0 Å². The van der Waals surface area contributed by atoms with Gasteiger partial charge in [0.05, 0.1) is 0 Å². The van der Waals surface area contributed by atoms with E-state index in [0.29, 0.717) is 30.8 Å². The third kappa shape index (κ3) is 8.60. The topological polar surface area (TPSA) is 82.1 Å². The fraction of sp³-hybridized carbons (Fsp3) is 0.476. The number of amides is 2. The molecule has 0 N–H and O–H groups in total. The first-order valence-corrected chi connectivity index (χ1v) is 10.6. The van der Waals surface area contributed by atoms with E-state index in [0.717, 1.165) is 16.2 Å². The standard InChI is InChI=1S/C21H29NO6S/c1-6-19(26-13-16-7-9-17(10-8-16)27-15-24)18(11-12-29-5)22(14-23)20(25)28-21(2,3)4/h6-10,14-15,18H,11-13H2,1-5H3/b19-6+. The lowest BCUT2D eigenvalue weighted by atomic mass is 10.1. The Labute approximate surface area is 176 Å². The van der Waals surface area contributed by atoms with Gasteiger partial charge in [-0.1, -0.05) is 12.1 Å². The number of carbonyl (C=O) groups excluding carboxylic acids is 3. The predicted octanol–water partition coefficient (Wildman–Crippen LogP) is 4.16. The van der Waals surface area contributed by atoms with Gasteiger partial charge in [0.2, 0.25) is 6.41 Å². The summed E-state index contributed by atoms with van der Waals surface area (Å²) in [4.78, 5) is 35.7. The molecule has 1 rings (SSSR count). The molecule has 0 radical (unpaired) electrons. The molecule has 1 aromatic carbocycles. The van der Waals surface area contributed by atoms with E-state index in [9.17, 15) is 14.4 Å². The van der Waals surface area contributed by atoms with Gasteiger partial charge >= 0.3 is 6.09 Å². The normalized spacial score (nSPS) is 12.7. The Morgan fingerprint density at radius 3 is 2.34 bits per heavy atom. The fourth-order valence-electron chi connectivity index (χ4n) is 2.46. The number of allylic oxidation sites excluding steroid dienone is 1. The van der Waals surface area contributed by atoms with Gasteiger partial charge in [-0.15, -0.1) is 0 Å². The maximum atomic E-state index is 12.5. The molecule has 160 valence electrons. The number of hydrogen-bond donors (Lipinski definition) is 0. The van der Waals surface area contributed by atoms with Crippen LogP contribution in [0.2, 0.25) is 0 Å². The van der Waals surface area contributed by atoms with Gasteiger partial charge in [0.1, 0.15) is 29.8 Å². The quantitative estimate of drug-likeness (QED) is 0.390. The number of nitrogens with zero attached hydrogens (tertiary/aromatic N) is 1. The molecule has 0 bridgehead atoms. The zero-order valence-corrected chi connectivity index (χ0v) is 18.4. The summed E-state index contributed by atoms with van der Waals surface area (Å²) in [6.07, 6.45) is 4.00. The smallest absolute Gasteiger partial charge is 0.417 e. The van der Waals surface area contributed by atoms with Crippen LogP contribution in [-0.4, -0.2) is 47.5 Å². The molecule has 0 heterocycles. The Balaban J connectivity index is 2.95. The van der Waals surface area contributed by atoms with Gasteiger partial charge in [-0.3, -0.25) is 9.59 Å². The van der Waals surface area contributed by atoms with Gasteiger partial charge in [0, 0.05) is 0 Å². The minimum atomic E-state index is -0.718. The highest BCUT2D eigenvalue weighted by Gasteiger charge is 2.31. The van der Waals surface area contributed by atoms with Crippen molar-refractivity contribution in [3.05, 3.63) is 41.7 Å². The zero-order chi connectivity index (χ0) is 21.9. The molecule has 1 aromatic rings. The predicted molar refractivity (Wildman–Crippen MR) is 113 cm³/mol. The first kappa shape index (κ1) is 24.6. The van der Waals surface area contributed by atoms with E-state index in [2.05, 4.69) is 0 Å².